The molecule has 0 radical (unpaired) electrons. The van der Waals surface area contributed by atoms with E-state index in [2.05, 4.69) is 4.72 Å². The van der Waals surface area contributed by atoms with Gasteiger partial charge in [-0.15, -0.1) is 0 Å². The Kier molecular flexibility index (Phi) is 4.66. The number of sulfonamides is 1. The van der Waals surface area contributed by atoms with Crippen molar-refractivity contribution < 1.29 is 18.1 Å². The van der Waals surface area contributed by atoms with Crippen LogP contribution in [0.1, 0.15) is 32.1 Å². The summed E-state index contributed by atoms with van der Waals surface area (Å²) in [4.78, 5) is 10.6. The van der Waals surface area contributed by atoms with Crippen molar-refractivity contribution in [1.82, 2.24) is 0 Å². The molecule has 21 heavy (non-hydrogen) atoms. The topological polar surface area (TPSA) is 98.5 Å². The summed E-state index contributed by atoms with van der Waals surface area (Å²) in [5.41, 5.74) is -0.0746. The van der Waals surface area contributed by atoms with Crippen LogP contribution in [0.25, 0.3) is 0 Å². The quantitative estimate of drug-likeness (QED) is 0.665. The Balaban J connectivity index is 2.22. The number of rotatable bonds is 5. The minimum atomic E-state index is -3.47. The van der Waals surface area contributed by atoms with Crippen LogP contribution in [0.5, 0.6) is 5.75 Å². The molecule has 1 aliphatic rings. The van der Waals surface area contributed by atoms with Crippen LogP contribution in [0, 0.1) is 10.1 Å². The summed E-state index contributed by atoms with van der Waals surface area (Å²) in [6, 6.07) is 4.09. The van der Waals surface area contributed by atoms with Gasteiger partial charge in [0.15, 0.2) is 5.75 Å². The third kappa shape index (κ3) is 4.59. The highest BCUT2D eigenvalue weighted by Crippen LogP contribution is 2.33. The number of benzene rings is 1. The molecule has 0 aliphatic heterocycles. The highest BCUT2D eigenvalue weighted by molar-refractivity contribution is 7.92. The lowest BCUT2D eigenvalue weighted by atomic mass is 9.98. The first-order valence-electron chi connectivity index (χ1n) is 6.78. The standard InChI is InChI=1S/C13H18N2O5S/c1-21(18,19)14-10-7-8-13(12(9-10)15(16)17)20-11-5-3-2-4-6-11/h7-9,11,14H,2-6H2,1H3. The predicted octanol–water partition coefficient (Wildman–Crippen LogP) is 2.68. The maximum atomic E-state index is 11.2. The van der Waals surface area contributed by atoms with Gasteiger partial charge in [0.1, 0.15) is 0 Å². The fourth-order valence-corrected chi connectivity index (χ4v) is 2.95. The minimum absolute atomic E-state index is 0.00818. The van der Waals surface area contributed by atoms with Gasteiger partial charge in [-0.25, -0.2) is 8.42 Å². The van der Waals surface area contributed by atoms with Crippen LogP contribution in [0.3, 0.4) is 0 Å². The molecule has 1 aromatic rings. The summed E-state index contributed by atoms with van der Waals surface area (Å²) >= 11 is 0. The highest BCUT2D eigenvalue weighted by atomic mass is 32.2. The van der Waals surface area contributed by atoms with E-state index in [-0.39, 0.29) is 23.2 Å². The zero-order valence-corrected chi connectivity index (χ0v) is 12.6. The van der Waals surface area contributed by atoms with E-state index >= 15 is 0 Å². The molecule has 2 rings (SSSR count). The number of nitrogens with one attached hydrogen (secondary N) is 1. The van der Waals surface area contributed by atoms with Gasteiger partial charge in [0.2, 0.25) is 10.0 Å². The number of nitro benzene ring substituents is 1. The number of hydrogen-bond acceptors (Lipinski definition) is 5. The SMILES string of the molecule is CS(=O)(=O)Nc1ccc(OC2CCCCC2)c([N+](=O)[O-])c1. The maximum absolute atomic E-state index is 11.2. The monoisotopic (exact) mass is 314 g/mol. The maximum Gasteiger partial charge on any atom is 0.313 e. The third-order valence-corrected chi connectivity index (χ3v) is 3.91. The van der Waals surface area contributed by atoms with Crippen LogP contribution in [-0.4, -0.2) is 25.7 Å². The first-order valence-corrected chi connectivity index (χ1v) is 8.67. The van der Waals surface area contributed by atoms with Gasteiger partial charge in [0.25, 0.3) is 0 Å². The molecule has 116 valence electrons. The second kappa shape index (κ2) is 6.30. The summed E-state index contributed by atoms with van der Waals surface area (Å²) in [5.74, 6) is 0.186. The molecule has 0 spiro atoms. The molecule has 0 heterocycles. The Morgan fingerprint density at radius 3 is 2.52 bits per heavy atom. The van der Waals surface area contributed by atoms with E-state index < -0.39 is 14.9 Å². The lowest BCUT2D eigenvalue weighted by Gasteiger charge is -2.22. The first kappa shape index (κ1) is 15.6. The van der Waals surface area contributed by atoms with Crippen molar-refractivity contribution >= 4 is 21.4 Å². The van der Waals surface area contributed by atoms with Gasteiger partial charge >= 0.3 is 5.69 Å². The molecule has 0 bridgehead atoms. The zero-order chi connectivity index (χ0) is 15.5. The molecule has 0 atom stereocenters. The molecule has 0 aromatic heterocycles. The molecule has 0 saturated heterocycles. The molecule has 7 nitrogen and oxygen atoms in total. The summed E-state index contributed by atoms with van der Waals surface area (Å²) < 4.78 is 30.3. The van der Waals surface area contributed by atoms with Crippen LogP contribution in [0.2, 0.25) is 0 Å². The fourth-order valence-electron chi connectivity index (χ4n) is 2.40. The first-order chi connectivity index (χ1) is 9.85. The van der Waals surface area contributed by atoms with E-state index in [0.717, 1.165) is 31.9 Å². The lowest BCUT2D eigenvalue weighted by molar-refractivity contribution is -0.386. The normalized spacial score (nSPS) is 16.4. The Hall–Kier alpha value is -1.83. The number of nitro groups is 1. The van der Waals surface area contributed by atoms with Gasteiger partial charge in [0.05, 0.1) is 23.0 Å². The van der Waals surface area contributed by atoms with Crippen molar-refractivity contribution in [3.8, 4) is 5.75 Å². The highest BCUT2D eigenvalue weighted by Gasteiger charge is 2.22. The molecule has 1 saturated carbocycles. The van der Waals surface area contributed by atoms with E-state index in [0.29, 0.717) is 0 Å². The smallest absolute Gasteiger partial charge is 0.313 e. The van der Waals surface area contributed by atoms with Gasteiger partial charge in [-0.2, -0.15) is 0 Å². The number of hydrogen-bond donors (Lipinski definition) is 1. The van der Waals surface area contributed by atoms with Gasteiger partial charge < -0.3 is 4.74 Å². The van der Waals surface area contributed by atoms with E-state index in [1.165, 1.54) is 24.6 Å². The van der Waals surface area contributed by atoms with Crippen molar-refractivity contribution in [2.24, 2.45) is 0 Å². The molecule has 1 fully saturated rings. The van der Waals surface area contributed by atoms with Gasteiger partial charge in [-0.3, -0.25) is 14.8 Å². The largest absolute Gasteiger partial charge is 0.484 e. The van der Waals surface area contributed by atoms with E-state index in [4.69, 9.17) is 4.74 Å². The van der Waals surface area contributed by atoms with Crippen molar-refractivity contribution in [1.29, 1.82) is 0 Å². The van der Waals surface area contributed by atoms with Crippen molar-refractivity contribution in [3.63, 3.8) is 0 Å². The fraction of sp³-hybridized carbons (Fsp3) is 0.538. The average molecular weight is 314 g/mol. The number of anilines is 1. The van der Waals surface area contributed by atoms with Crippen LogP contribution in [0.15, 0.2) is 18.2 Å². The average Bonchev–Trinajstić information content (AvgIpc) is 2.40. The molecule has 1 aliphatic carbocycles. The summed E-state index contributed by atoms with van der Waals surface area (Å²) in [5, 5.41) is 11.1. The Bertz CT molecular complexity index is 623. The van der Waals surface area contributed by atoms with Crippen LogP contribution in [-0.2, 0) is 10.0 Å². The van der Waals surface area contributed by atoms with Crippen LogP contribution >= 0.6 is 0 Å². The molecule has 0 unspecified atom stereocenters. The summed E-state index contributed by atoms with van der Waals surface area (Å²) in [7, 11) is -3.47. The summed E-state index contributed by atoms with van der Waals surface area (Å²) in [6.07, 6.45) is 6.05. The zero-order valence-electron chi connectivity index (χ0n) is 11.7. The van der Waals surface area contributed by atoms with Gasteiger partial charge in [-0.1, -0.05) is 6.42 Å². The Morgan fingerprint density at radius 1 is 1.29 bits per heavy atom. The number of nitrogens with zero attached hydrogens (tertiary/aromatic N) is 1. The van der Waals surface area contributed by atoms with E-state index in [1.807, 2.05) is 0 Å². The van der Waals surface area contributed by atoms with E-state index in [1.54, 1.807) is 0 Å². The second-order valence-corrected chi connectivity index (χ2v) is 6.94. The van der Waals surface area contributed by atoms with E-state index in [9.17, 15) is 18.5 Å². The summed E-state index contributed by atoms with van der Waals surface area (Å²) in [6.45, 7) is 0. The van der Waals surface area contributed by atoms with Crippen LogP contribution in [0.4, 0.5) is 11.4 Å². The third-order valence-electron chi connectivity index (χ3n) is 3.30. The Morgan fingerprint density at radius 2 is 1.95 bits per heavy atom. The number of ether oxygens (including phenoxy) is 1. The van der Waals surface area contributed by atoms with Crippen molar-refractivity contribution in [3.05, 3.63) is 28.3 Å². The van der Waals surface area contributed by atoms with Crippen LogP contribution < -0.4 is 9.46 Å². The molecule has 0 amide bonds. The second-order valence-electron chi connectivity index (χ2n) is 5.19. The van der Waals surface area contributed by atoms with Gasteiger partial charge in [0, 0.05) is 6.07 Å². The lowest BCUT2D eigenvalue weighted by Crippen LogP contribution is -2.20. The molecular weight excluding hydrogens is 296 g/mol. The molecule has 8 heteroatoms. The Labute approximate surface area is 123 Å². The predicted molar refractivity (Wildman–Crippen MR) is 79.1 cm³/mol. The molecular formula is C13H18N2O5S. The van der Waals surface area contributed by atoms with Crippen molar-refractivity contribution in [2.45, 2.75) is 38.2 Å². The minimum Gasteiger partial charge on any atom is -0.484 e. The molecule has 1 N–H and O–H groups in total. The van der Waals surface area contributed by atoms with Crippen molar-refractivity contribution in [2.75, 3.05) is 11.0 Å². The molecule has 1 aromatic carbocycles. The van der Waals surface area contributed by atoms with Gasteiger partial charge in [-0.05, 0) is 37.8 Å².